The molecule has 0 amide bonds. The first-order valence-electron chi connectivity index (χ1n) is 10.4. The number of carbonyl (C=O) groups is 1. The van der Waals surface area contributed by atoms with Gasteiger partial charge in [-0.3, -0.25) is 4.79 Å². The molecule has 152 valence electrons. The number of benzene rings is 2. The van der Waals surface area contributed by atoms with Gasteiger partial charge in [-0.05, 0) is 37.2 Å². The molecule has 2 aromatic carbocycles. The van der Waals surface area contributed by atoms with Gasteiger partial charge in [0.05, 0.1) is 6.42 Å². The van der Waals surface area contributed by atoms with Gasteiger partial charge in [0.25, 0.3) is 0 Å². The molecular formula is C25H28O4. The molecule has 0 saturated heterocycles. The van der Waals surface area contributed by atoms with E-state index in [1.165, 1.54) is 11.6 Å². The summed E-state index contributed by atoms with van der Waals surface area (Å²) in [7, 11) is 0. The maximum atomic E-state index is 13.0. The highest BCUT2D eigenvalue weighted by Crippen LogP contribution is 2.52. The van der Waals surface area contributed by atoms with Crippen molar-refractivity contribution in [3.05, 3.63) is 64.7 Å². The number of hydrogen-bond acceptors (Lipinski definition) is 4. The maximum Gasteiger partial charge on any atom is 0.174 e. The lowest BCUT2D eigenvalue weighted by molar-refractivity contribution is 0.0840. The van der Waals surface area contributed by atoms with E-state index >= 15 is 0 Å². The Morgan fingerprint density at radius 3 is 2.52 bits per heavy atom. The second-order valence-electron chi connectivity index (χ2n) is 8.66. The molecule has 4 rings (SSSR count). The van der Waals surface area contributed by atoms with Gasteiger partial charge < -0.3 is 14.9 Å². The van der Waals surface area contributed by atoms with Crippen LogP contribution in [0.4, 0.5) is 0 Å². The highest BCUT2D eigenvalue weighted by Gasteiger charge is 2.38. The molecule has 2 aliphatic rings. The summed E-state index contributed by atoms with van der Waals surface area (Å²) in [4.78, 5) is 13.0. The summed E-state index contributed by atoms with van der Waals surface area (Å²) in [5.41, 5.74) is 3.01. The summed E-state index contributed by atoms with van der Waals surface area (Å²) >= 11 is 0. The predicted molar refractivity (Wildman–Crippen MR) is 113 cm³/mol. The lowest BCUT2D eigenvalue weighted by atomic mass is 9.71. The first-order valence-corrected chi connectivity index (χ1v) is 10.4. The van der Waals surface area contributed by atoms with E-state index in [1.54, 1.807) is 0 Å². The number of phenols is 2. The molecule has 0 unspecified atom stereocenters. The summed E-state index contributed by atoms with van der Waals surface area (Å²) in [5, 5.41) is 21.3. The average molecular weight is 392 g/mol. The van der Waals surface area contributed by atoms with Crippen LogP contribution in [-0.4, -0.2) is 16.0 Å². The van der Waals surface area contributed by atoms with E-state index in [0.29, 0.717) is 23.1 Å². The zero-order valence-electron chi connectivity index (χ0n) is 17.2. The van der Waals surface area contributed by atoms with Crippen LogP contribution in [0.15, 0.2) is 48.0 Å². The molecule has 1 aliphatic heterocycles. The number of fused-ring (bicyclic) bond motifs is 1. The van der Waals surface area contributed by atoms with Crippen LogP contribution in [0.25, 0.3) is 0 Å². The summed E-state index contributed by atoms with van der Waals surface area (Å²) in [6.07, 6.45) is 3.99. The van der Waals surface area contributed by atoms with Crippen LogP contribution in [0.5, 0.6) is 17.2 Å². The highest BCUT2D eigenvalue weighted by atomic mass is 16.5. The molecule has 1 aliphatic carbocycles. The fourth-order valence-corrected chi connectivity index (χ4v) is 4.80. The predicted octanol–water partition coefficient (Wildman–Crippen LogP) is 5.90. The Balaban J connectivity index is 1.88. The van der Waals surface area contributed by atoms with Gasteiger partial charge in [0.15, 0.2) is 5.78 Å². The second kappa shape index (κ2) is 7.58. The van der Waals surface area contributed by atoms with Crippen molar-refractivity contribution in [2.75, 3.05) is 0 Å². The summed E-state index contributed by atoms with van der Waals surface area (Å²) < 4.78 is 6.33. The number of Topliss-reactive ketones (excluding diaryl/α,β-unsaturated/α-hetero) is 1. The van der Waals surface area contributed by atoms with Crippen molar-refractivity contribution in [3.8, 4) is 17.2 Å². The van der Waals surface area contributed by atoms with Gasteiger partial charge in [-0.1, -0.05) is 55.8 Å². The summed E-state index contributed by atoms with van der Waals surface area (Å²) in [5.74, 6) is 0.650. The maximum absolute atomic E-state index is 13.0. The Kier molecular flexibility index (Phi) is 5.12. The minimum absolute atomic E-state index is 0.00985. The van der Waals surface area contributed by atoms with Gasteiger partial charge in [-0.25, -0.2) is 0 Å². The molecular weight excluding hydrogens is 364 g/mol. The van der Waals surface area contributed by atoms with Crippen molar-refractivity contribution in [3.63, 3.8) is 0 Å². The number of phenolic OH excluding ortho intramolecular Hbond substituents is 2. The number of ether oxygens (including phenoxy) is 1. The number of allylic oxidation sites excluding steroid dienone is 2. The summed E-state index contributed by atoms with van der Waals surface area (Å²) in [6.45, 7) is 6.48. The molecule has 0 saturated carbocycles. The van der Waals surface area contributed by atoms with Crippen LogP contribution in [0.3, 0.4) is 0 Å². The minimum atomic E-state index is -0.428. The van der Waals surface area contributed by atoms with Crippen LogP contribution < -0.4 is 4.74 Å². The van der Waals surface area contributed by atoms with Gasteiger partial charge >= 0.3 is 0 Å². The third-order valence-corrected chi connectivity index (χ3v) is 6.35. The topological polar surface area (TPSA) is 66.8 Å². The van der Waals surface area contributed by atoms with Crippen LogP contribution in [-0.2, 0) is 0 Å². The normalized spacial score (nSPS) is 24.1. The van der Waals surface area contributed by atoms with Crippen molar-refractivity contribution >= 4 is 5.78 Å². The SMILES string of the molecule is CC1=C[C@H](c2c(O)cc(O)c3c2O[C@H](c2ccccc2)CC3=O)[C@H](C(C)C)CC1. The van der Waals surface area contributed by atoms with Gasteiger partial charge in [0.2, 0.25) is 0 Å². The van der Waals surface area contributed by atoms with Gasteiger partial charge in [-0.2, -0.15) is 0 Å². The van der Waals surface area contributed by atoms with E-state index in [-0.39, 0.29) is 35.2 Å². The Morgan fingerprint density at radius 2 is 1.83 bits per heavy atom. The second-order valence-corrected chi connectivity index (χ2v) is 8.66. The van der Waals surface area contributed by atoms with Crippen LogP contribution in [0.1, 0.15) is 73.5 Å². The summed E-state index contributed by atoms with van der Waals surface area (Å²) in [6, 6.07) is 10.9. The lowest BCUT2D eigenvalue weighted by Gasteiger charge is -2.36. The number of rotatable bonds is 3. The van der Waals surface area contributed by atoms with E-state index < -0.39 is 6.10 Å². The van der Waals surface area contributed by atoms with E-state index in [2.05, 4.69) is 26.8 Å². The minimum Gasteiger partial charge on any atom is -0.507 e. The van der Waals surface area contributed by atoms with E-state index in [0.717, 1.165) is 18.4 Å². The standard InChI is InChI=1S/C25H28O4/c1-14(2)17-10-9-15(3)11-18(17)23-19(26)12-20(27)24-21(28)13-22(29-25(23)24)16-7-5-4-6-8-16/h4-8,11-12,14,17-18,22,26-27H,9-10,13H2,1-3H3/t17-,18-,22-/m0/s1. The average Bonchev–Trinajstić information content (AvgIpc) is 2.67. The molecule has 0 aromatic heterocycles. The zero-order valence-corrected chi connectivity index (χ0v) is 17.2. The Labute approximate surface area is 171 Å². The van der Waals surface area contributed by atoms with Gasteiger partial charge in [0, 0.05) is 17.5 Å². The quantitative estimate of drug-likeness (QED) is 0.638. The van der Waals surface area contributed by atoms with Gasteiger partial charge in [0.1, 0.15) is 28.9 Å². The lowest BCUT2D eigenvalue weighted by Crippen LogP contribution is -2.25. The van der Waals surface area contributed by atoms with Crippen molar-refractivity contribution in [2.45, 2.75) is 52.1 Å². The molecule has 0 bridgehead atoms. The molecule has 29 heavy (non-hydrogen) atoms. The molecule has 0 spiro atoms. The third kappa shape index (κ3) is 3.52. The Bertz CT molecular complexity index is 959. The van der Waals surface area contributed by atoms with Crippen molar-refractivity contribution in [1.82, 2.24) is 0 Å². The number of aromatic hydroxyl groups is 2. The molecule has 3 atom stereocenters. The molecule has 0 radical (unpaired) electrons. The molecule has 2 N–H and O–H groups in total. The third-order valence-electron chi connectivity index (χ3n) is 6.35. The Morgan fingerprint density at radius 1 is 1.10 bits per heavy atom. The van der Waals surface area contributed by atoms with Crippen molar-refractivity contribution < 1.29 is 19.7 Å². The highest BCUT2D eigenvalue weighted by molar-refractivity contribution is 6.03. The number of hydrogen-bond donors (Lipinski definition) is 2. The van der Waals surface area contributed by atoms with Gasteiger partial charge in [-0.15, -0.1) is 0 Å². The largest absolute Gasteiger partial charge is 0.507 e. The Hall–Kier alpha value is -2.75. The van der Waals surface area contributed by atoms with E-state index in [9.17, 15) is 15.0 Å². The van der Waals surface area contributed by atoms with Crippen LogP contribution >= 0.6 is 0 Å². The molecule has 1 heterocycles. The van der Waals surface area contributed by atoms with Crippen LogP contribution in [0.2, 0.25) is 0 Å². The van der Waals surface area contributed by atoms with Crippen molar-refractivity contribution in [1.29, 1.82) is 0 Å². The zero-order chi connectivity index (χ0) is 20.7. The monoisotopic (exact) mass is 392 g/mol. The first-order chi connectivity index (χ1) is 13.9. The molecule has 0 fully saturated rings. The fourth-order valence-electron chi connectivity index (χ4n) is 4.80. The molecule has 4 nitrogen and oxygen atoms in total. The molecule has 4 heteroatoms. The van der Waals surface area contributed by atoms with E-state index in [1.807, 2.05) is 30.3 Å². The smallest absolute Gasteiger partial charge is 0.174 e. The number of carbonyl (C=O) groups excluding carboxylic acids is 1. The molecule has 2 aromatic rings. The van der Waals surface area contributed by atoms with Crippen LogP contribution in [0, 0.1) is 11.8 Å². The van der Waals surface area contributed by atoms with E-state index in [4.69, 9.17) is 4.74 Å². The van der Waals surface area contributed by atoms with Crippen molar-refractivity contribution in [2.24, 2.45) is 11.8 Å². The number of ketones is 1. The fraction of sp³-hybridized carbons (Fsp3) is 0.400. The first kappa shape index (κ1) is 19.6.